The molecule has 0 heterocycles. The molecule has 2 unspecified atom stereocenters. The number of phenols is 1. The van der Waals surface area contributed by atoms with Crippen LogP contribution in [0.2, 0.25) is 0 Å². The van der Waals surface area contributed by atoms with E-state index in [-0.39, 0.29) is 24.2 Å². The van der Waals surface area contributed by atoms with Crippen LogP contribution >= 0.6 is 0 Å². The Hall–Kier alpha value is -3.35. The molecule has 1 amide bonds. The van der Waals surface area contributed by atoms with E-state index in [4.69, 9.17) is 5.73 Å². The summed E-state index contributed by atoms with van der Waals surface area (Å²) in [6, 6.07) is 0.660. The topological polar surface area (TPSA) is 155 Å². The maximum atomic E-state index is 14.1. The lowest BCUT2D eigenvalue weighted by atomic mass is 9.52. The Morgan fingerprint density at radius 1 is 1.18 bits per heavy atom. The Labute approximate surface area is 234 Å². The molecule has 6 atom stereocenters. The normalized spacial score (nSPS) is 30.0. The summed E-state index contributed by atoms with van der Waals surface area (Å²) in [5.74, 6) is -3.85. The number of nitrogens with zero attached hydrogens (tertiary/aromatic N) is 1. The number of aromatic hydroxyl groups is 1. The highest BCUT2D eigenvalue weighted by molar-refractivity contribution is 6.32. The van der Waals surface area contributed by atoms with E-state index in [0.717, 1.165) is 0 Å². The van der Waals surface area contributed by atoms with Crippen molar-refractivity contribution >= 4 is 29.0 Å². The number of likely N-dealkylation sites (N-methyl/N-ethyl adjacent to an activating group) is 1. The van der Waals surface area contributed by atoms with Crippen molar-refractivity contribution in [1.29, 1.82) is 0 Å². The summed E-state index contributed by atoms with van der Waals surface area (Å²) in [5, 5.41) is 23.1. The molecule has 0 aromatic heterocycles. The summed E-state index contributed by atoms with van der Waals surface area (Å²) in [7, 11) is 3.12. The van der Waals surface area contributed by atoms with E-state index < -0.39 is 69.8 Å². The molecule has 214 valence electrons. The first kappa shape index (κ1) is 29.6. The maximum absolute atomic E-state index is 14.1. The molecule has 9 heteroatoms. The zero-order chi connectivity index (χ0) is 30.1. The number of hydrogen-bond donors (Lipinski definition) is 3. The smallest absolute Gasteiger partial charge is 0.235 e. The standard InChI is InChI=1S/C31H38N2O7/c1-14(2)9-8-10-15-12-19(30(3,4)5)24(34)21-17(15)11-16-13-18-23(33(6)7)26(36)22(29(32)39)28(38)31(18,40)27(37)20(16)25(21)35/h12,14,16,18,20,22-23,34,40H,9,11,13H2,1-7H3,(H2,32,39)/t16-,18-,20?,22?,23-,31-/m1/s1. The van der Waals surface area contributed by atoms with Crippen LogP contribution in [0.4, 0.5) is 0 Å². The van der Waals surface area contributed by atoms with Crippen LogP contribution in [0.25, 0.3) is 0 Å². The van der Waals surface area contributed by atoms with Crippen molar-refractivity contribution in [1.82, 2.24) is 4.90 Å². The van der Waals surface area contributed by atoms with Gasteiger partial charge in [0.15, 0.2) is 34.7 Å². The van der Waals surface area contributed by atoms with Gasteiger partial charge in [-0.15, -0.1) is 0 Å². The van der Waals surface area contributed by atoms with Crippen LogP contribution in [-0.2, 0) is 31.0 Å². The second kappa shape index (κ2) is 9.93. The lowest BCUT2D eigenvalue weighted by molar-refractivity contribution is -0.181. The molecule has 4 rings (SSSR count). The van der Waals surface area contributed by atoms with Gasteiger partial charge in [0.2, 0.25) is 5.91 Å². The van der Waals surface area contributed by atoms with Crippen LogP contribution in [0.5, 0.6) is 5.75 Å². The molecule has 0 saturated heterocycles. The summed E-state index contributed by atoms with van der Waals surface area (Å²) < 4.78 is 0. The van der Waals surface area contributed by atoms with Crippen molar-refractivity contribution in [2.75, 3.05) is 14.1 Å². The fourth-order valence-electron chi connectivity index (χ4n) is 6.71. The lowest BCUT2D eigenvalue weighted by Gasteiger charge is -2.52. The fraction of sp³-hybridized carbons (Fsp3) is 0.581. The maximum Gasteiger partial charge on any atom is 0.235 e. The van der Waals surface area contributed by atoms with Gasteiger partial charge in [-0.3, -0.25) is 28.9 Å². The number of nitrogens with two attached hydrogens (primary N) is 1. The molecule has 9 nitrogen and oxygen atoms in total. The van der Waals surface area contributed by atoms with E-state index >= 15 is 0 Å². The van der Waals surface area contributed by atoms with Crippen LogP contribution in [0, 0.1) is 41.4 Å². The van der Waals surface area contributed by atoms with Gasteiger partial charge < -0.3 is 15.9 Å². The first-order valence-electron chi connectivity index (χ1n) is 13.7. The first-order chi connectivity index (χ1) is 18.4. The molecule has 0 aliphatic heterocycles. The lowest BCUT2D eigenvalue weighted by Crippen LogP contribution is -2.74. The third-order valence-electron chi connectivity index (χ3n) is 8.60. The number of Topliss-reactive ketones (excluding diaryl/α,β-unsaturated/α-hetero) is 4. The minimum Gasteiger partial charge on any atom is -0.507 e. The minimum absolute atomic E-state index is 0.00451. The Morgan fingerprint density at radius 2 is 1.80 bits per heavy atom. The molecule has 0 spiro atoms. The Bertz CT molecular complexity index is 1390. The van der Waals surface area contributed by atoms with Gasteiger partial charge in [0, 0.05) is 23.5 Å². The predicted octanol–water partition coefficient (Wildman–Crippen LogP) is 1.56. The molecule has 2 saturated carbocycles. The van der Waals surface area contributed by atoms with Gasteiger partial charge in [-0.05, 0) is 55.8 Å². The van der Waals surface area contributed by atoms with Crippen LogP contribution in [0.1, 0.15) is 74.5 Å². The van der Waals surface area contributed by atoms with Crippen molar-refractivity contribution in [3.63, 3.8) is 0 Å². The van der Waals surface area contributed by atoms with E-state index in [0.29, 0.717) is 29.0 Å². The largest absolute Gasteiger partial charge is 0.507 e. The van der Waals surface area contributed by atoms with E-state index in [1.165, 1.54) is 4.90 Å². The van der Waals surface area contributed by atoms with Crippen LogP contribution in [0.3, 0.4) is 0 Å². The Kier molecular flexibility index (Phi) is 7.36. The van der Waals surface area contributed by atoms with Crippen molar-refractivity contribution < 1.29 is 34.2 Å². The number of primary amides is 1. The zero-order valence-corrected chi connectivity index (χ0v) is 24.1. The van der Waals surface area contributed by atoms with Crippen molar-refractivity contribution in [2.24, 2.45) is 35.3 Å². The first-order valence-corrected chi connectivity index (χ1v) is 13.7. The monoisotopic (exact) mass is 550 g/mol. The number of amides is 1. The van der Waals surface area contributed by atoms with Crippen molar-refractivity contribution in [3.05, 3.63) is 28.3 Å². The predicted molar refractivity (Wildman–Crippen MR) is 146 cm³/mol. The van der Waals surface area contributed by atoms with E-state index in [1.807, 2.05) is 34.6 Å². The zero-order valence-electron chi connectivity index (χ0n) is 24.1. The van der Waals surface area contributed by atoms with E-state index in [2.05, 4.69) is 11.8 Å². The van der Waals surface area contributed by atoms with Gasteiger partial charge >= 0.3 is 0 Å². The highest BCUT2D eigenvalue weighted by Crippen LogP contribution is 2.52. The van der Waals surface area contributed by atoms with E-state index in [9.17, 15) is 34.2 Å². The highest BCUT2D eigenvalue weighted by Gasteiger charge is 2.69. The number of carbonyl (C=O) groups is 5. The second-order valence-corrected chi connectivity index (χ2v) is 13.1. The molecule has 2 fully saturated rings. The quantitative estimate of drug-likeness (QED) is 0.378. The van der Waals surface area contributed by atoms with Crippen molar-refractivity contribution in [2.45, 2.75) is 70.9 Å². The molecule has 3 aliphatic rings. The number of aliphatic hydroxyl groups is 1. The molecular weight excluding hydrogens is 512 g/mol. The second-order valence-electron chi connectivity index (χ2n) is 13.1. The van der Waals surface area contributed by atoms with Gasteiger partial charge in [0.05, 0.1) is 17.5 Å². The number of phenolic OH excluding ortho intramolecular Hbond substituents is 1. The third kappa shape index (κ3) is 4.38. The van der Waals surface area contributed by atoms with Crippen LogP contribution < -0.4 is 5.73 Å². The Morgan fingerprint density at radius 3 is 2.33 bits per heavy atom. The number of rotatable bonds is 3. The average molecular weight is 551 g/mol. The van der Waals surface area contributed by atoms with Gasteiger partial charge in [0.25, 0.3) is 0 Å². The van der Waals surface area contributed by atoms with Gasteiger partial charge in [-0.2, -0.15) is 0 Å². The molecule has 0 bridgehead atoms. The molecular formula is C31H38N2O7. The van der Waals surface area contributed by atoms with Gasteiger partial charge in [-0.1, -0.05) is 46.5 Å². The summed E-state index contributed by atoms with van der Waals surface area (Å²) >= 11 is 0. The van der Waals surface area contributed by atoms with Crippen molar-refractivity contribution in [3.8, 4) is 17.6 Å². The Balaban J connectivity index is 1.92. The van der Waals surface area contributed by atoms with Crippen LogP contribution in [-0.4, -0.2) is 69.9 Å². The number of benzene rings is 1. The number of hydrogen-bond acceptors (Lipinski definition) is 8. The fourth-order valence-corrected chi connectivity index (χ4v) is 6.71. The molecule has 4 N–H and O–H groups in total. The third-order valence-corrected chi connectivity index (χ3v) is 8.60. The molecule has 40 heavy (non-hydrogen) atoms. The summed E-state index contributed by atoms with van der Waals surface area (Å²) in [4.78, 5) is 68.4. The number of ketones is 4. The molecule has 1 aromatic carbocycles. The van der Waals surface area contributed by atoms with Crippen LogP contribution in [0.15, 0.2) is 6.07 Å². The summed E-state index contributed by atoms with van der Waals surface area (Å²) in [6.07, 6.45) is 0.823. The molecule has 0 radical (unpaired) electrons. The van der Waals surface area contributed by atoms with Gasteiger partial charge in [-0.25, -0.2) is 0 Å². The SMILES string of the molecule is CC(C)CC#Cc1cc(C(C)(C)C)c(O)c2c1C[C@@H]1C[C@@H]3[C@@H](N(C)C)C(=O)C(C(N)=O)C(=O)[C@]3(O)C(=O)C1C2=O. The summed E-state index contributed by atoms with van der Waals surface area (Å²) in [5.41, 5.74) is 3.66. The summed E-state index contributed by atoms with van der Waals surface area (Å²) in [6.45, 7) is 9.75. The number of carbonyl (C=O) groups excluding carboxylic acids is 5. The molecule has 1 aromatic rings. The van der Waals surface area contributed by atoms with E-state index in [1.54, 1.807) is 20.2 Å². The minimum atomic E-state index is -2.74. The highest BCUT2D eigenvalue weighted by atomic mass is 16.3. The average Bonchev–Trinajstić information content (AvgIpc) is 2.81. The van der Waals surface area contributed by atoms with Gasteiger partial charge in [0.1, 0.15) is 5.75 Å². The number of fused-ring (bicyclic) bond motifs is 3. The molecule has 3 aliphatic carbocycles.